The van der Waals surface area contributed by atoms with E-state index in [1.807, 2.05) is 12.1 Å². The first-order valence-electron chi connectivity index (χ1n) is 13.1. The molecule has 0 aliphatic heterocycles. The molecule has 0 spiro atoms. The molecule has 0 radical (unpaired) electrons. The lowest BCUT2D eigenvalue weighted by Gasteiger charge is -2.26. The van der Waals surface area contributed by atoms with Crippen molar-refractivity contribution < 1.29 is 24.6 Å². The van der Waals surface area contributed by atoms with Crippen LogP contribution in [0.25, 0.3) is 0 Å². The van der Waals surface area contributed by atoms with Crippen LogP contribution in [0.1, 0.15) is 59.5 Å². The molecule has 8 nitrogen and oxygen atoms in total. The molecule has 10 heteroatoms. The highest BCUT2D eigenvalue weighted by Gasteiger charge is 2.20. The minimum atomic E-state index is -1.69. The Bertz CT molecular complexity index is 1320. The van der Waals surface area contributed by atoms with E-state index in [-0.39, 0.29) is 12.6 Å². The summed E-state index contributed by atoms with van der Waals surface area (Å²) in [4.78, 5) is 38.2. The quantitative estimate of drug-likeness (QED) is 0.230. The minimum Gasteiger partial charge on any atom is -0.479 e. The number of carboxylic acid groups (broad SMARTS) is 1. The molecule has 3 aromatic carbocycles. The van der Waals surface area contributed by atoms with Crippen LogP contribution in [0.3, 0.4) is 0 Å². The molecular weight excluding hydrogens is 553 g/mol. The summed E-state index contributed by atoms with van der Waals surface area (Å²) in [7, 11) is 0. The maximum atomic E-state index is 13.5. The second-order valence-electron chi connectivity index (χ2n) is 9.86. The molecular formula is C30H31Cl2N3O5. The Hall–Kier alpha value is -3.59. The Morgan fingerprint density at radius 3 is 2.12 bits per heavy atom. The molecule has 1 unspecified atom stereocenters. The number of hydrogen-bond donors (Lipinski definition) is 4. The van der Waals surface area contributed by atoms with Crippen molar-refractivity contribution in [3.05, 3.63) is 93.5 Å². The third-order valence-electron chi connectivity index (χ3n) is 6.94. The molecule has 3 amide bonds. The van der Waals surface area contributed by atoms with Gasteiger partial charge in [0.15, 0.2) is 6.10 Å². The standard InChI is InChI=1S/C30H31Cl2N3O5/c31-23-14-24(32)16-25(15-23)34-30(40)35(26-12-10-21(11-13-26)20-4-2-1-3-5-20)18-19-6-8-22(9-7-19)28(37)33-17-27(36)29(38)39/h6-16,20,27,36H,1-5,17-18H2,(H,33,37)(H,34,40)(H,38,39). The van der Waals surface area contributed by atoms with Crippen molar-refractivity contribution in [1.29, 1.82) is 0 Å². The molecule has 0 saturated heterocycles. The van der Waals surface area contributed by atoms with Gasteiger partial charge in [0.2, 0.25) is 0 Å². The van der Waals surface area contributed by atoms with Gasteiger partial charge in [-0.15, -0.1) is 0 Å². The zero-order valence-corrected chi connectivity index (χ0v) is 23.3. The van der Waals surface area contributed by atoms with Crippen molar-refractivity contribution >= 4 is 52.5 Å². The van der Waals surface area contributed by atoms with E-state index >= 15 is 0 Å². The summed E-state index contributed by atoms with van der Waals surface area (Å²) in [5, 5.41) is 24.2. The van der Waals surface area contributed by atoms with E-state index in [1.54, 1.807) is 47.4 Å². The van der Waals surface area contributed by atoms with Gasteiger partial charge in [-0.2, -0.15) is 0 Å². The van der Waals surface area contributed by atoms with Crippen molar-refractivity contribution in [2.75, 3.05) is 16.8 Å². The number of amides is 3. The van der Waals surface area contributed by atoms with E-state index < -0.39 is 24.5 Å². The normalized spacial score (nSPS) is 14.3. The SMILES string of the molecule is O=C(NCC(O)C(=O)O)c1ccc(CN(C(=O)Nc2cc(Cl)cc(Cl)c2)c2ccc(C3CCCCC3)cc2)cc1. The zero-order valence-electron chi connectivity index (χ0n) is 21.8. The number of benzene rings is 3. The van der Waals surface area contributed by atoms with Crippen molar-refractivity contribution in [2.45, 2.75) is 50.7 Å². The Labute approximate surface area is 242 Å². The van der Waals surface area contributed by atoms with E-state index in [2.05, 4.69) is 22.8 Å². The summed E-state index contributed by atoms with van der Waals surface area (Å²) < 4.78 is 0. The van der Waals surface area contributed by atoms with Gasteiger partial charge >= 0.3 is 12.0 Å². The predicted octanol–water partition coefficient (Wildman–Crippen LogP) is 6.46. The van der Waals surface area contributed by atoms with Gasteiger partial charge in [0.1, 0.15) is 0 Å². The van der Waals surface area contributed by atoms with Crippen LogP contribution in [0.5, 0.6) is 0 Å². The van der Waals surface area contributed by atoms with Gasteiger partial charge in [0, 0.05) is 27.0 Å². The number of hydrogen-bond acceptors (Lipinski definition) is 4. The highest BCUT2D eigenvalue weighted by atomic mass is 35.5. The van der Waals surface area contributed by atoms with Crippen LogP contribution in [0, 0.1) is 0 Å². The number of carbonyl (C=O) groups is 3. The van der Waals surface area contributed by atoms with Crippen molar-refractivity contribution in [3.8, 4) is 0 Å². The molecule has 1 aliphatic rings. The fourth-order valence-corrected chi connectivity index (χ4v) is 5.31. The summed E-state index contributed by atoms with van der Waals surface area (Å²) >= 11 is 12.2. The first-order chi connectivity index (χ1) is 19.2. The zero-order chi connectivity index (χ0) is 28.6. The smallest absolute Gasteiger partial charge is 0.334 e. The Kier molecular flexibility index (Phi) is 10.0. The van der Waals surface area contributed by atoms with Crippen LogP contribution in [-0.2, 0) is 11.3 Å². The third kappa shape index (κ3) is 7.97. The topological polar surface area (TPSA) is 119 Å². The molecule has 1 saturated carbocycles. The van der Waals surface area contributed by atoms with E-state index in [0.717, 1.165) is 5.56 Å². The fourth-order valence-electron chi connectivity index (χ4n) is 4.78. The highest BCUT2D eigenvalue weighted by molar-refractivity contribution is 6.35. The minimum absolute atomic E-state index is 0.211. The van der Waals surface area contributed by atoms with Crippen molar-refractivity contribution in [1.82, 2.24) is 5.32 Å². The van der Waals surface area contributed by atoms with Gasteiger partial charge in [-0.1, -0.05) is 66.7 Å². The number of aliphatic hydroxyl groups is 1. The highest BCUT2D eigenvalue weighted by Crippen LogP contribution is 2.34. The molecule has 40 heavy (non-hydrogen) atoms. The van der Waals surface area contributed by atoms with Crippen LogP contribution >= 0.6 is 23.2 Å². The van der Waals surface area contributed by atoms with Gasteiger partial charge < -0.3 is 20.8 Å². The maximum absolute atomic E-state index is 13.5. The number of aliphatic hydroxyl groups excluding tert-OH is 1. The van der Waals surface area contributed by atoms with Crippen LogP contribution in [0.15, 0.2) is 66.7 Å². The number of rotatable bonds is 9. The molecule has 210 valence electrons. The average Bonchev–Trinajstić information content (AvgIpc) is 2.94. The molecule has 4 rings (SSSR count). The number of nitrogens with one attached hydrogen (secondary N) is 2. The summed E-state index contributed by atoms with van der Waals surface area (Å²) in [6.45, 7) is -0.198. The molecule has 4 N–H and O–H groups in total. The summed E-state index contributed by atoms with van der Waals surface area (Å²) in [6, 6.07) is 19.1. The largest absolute Gasteiger partial charge is 0.479 e. The number of aliphatic carboxylic acids is 1. The first-order valence-corrected chi connectivity index (χ1v) is 13.9. The number of halogens is 2. The third-order valence-corrected chi connectivity index (χ3v) is 7.37. The van der Waals surface area contributed by atoms with Crippen LogP contribution in [0.4, 0.5) is 16.2 Å². The van der Waals surface area contributed by atoms with Crippen LogP contribution in [-0.4, -0.2) is 40.8 Å². The van der Waals surface area contributed by atoms with Gasteiger partial charge in [-0.3, -0.25) is 9.69 Å². The van der Waals surface area contributed by atoms with Gasteiger partial charge in [-0.25, -0.2) is 9.59 Å². The molecule has 0 bridgehead atoms. The Morgan fingerprint density at radius 1 is 0.900 bits per heavy atom. The molecule has 3 aromatic rings. The van der Waals surface area contributed by atoms with Crippen molar-refractivity contribution in [2.24, 2.45) is 0 Å². The summed E-state index contributed by atoms with van der Waals surface area (Å²) in [5.41, 5.74) is 3.49. The predicted molar refractivity (Wildman–Crippen MR) is 156 cm³/mol. The number of carboxylic acids is 1. The van der Waals surface area contributed by atoms with E-state index in [9.17, 15) is 19.5 Å². The van der Waals surface area contributed by atoms with Crippen LogP contribution in [0.2, 0.25) is 10.0 Å². The maximum Gasteiger partial charge on any atom is 0.334 e. The first kappa shape index (κ1) is 29.4. The molecule has 0 aromatic heterocycles. The summed E-state index contributed by atoms with van der Waals surface area (Å²) in [6.07, 6.45) is 4.41. The lowest BCUT2D eigenvalue weighted by atomic mass is 9.84. The Balaban J connectivity index is 1.52. The number of anilines is 2. The van der Waals surface area contributed by atoms with Gasteiger partial charge in [0.25, 0.3) is 5.91 Å². The van der Waals surface area contributed by atoms with Crippen LogP contribution < -0.4 is 15.5 Å². The monoisotopic (exact) mass is 583 g/mol. The van der Waals surface area contributed by atoms with E-state index in [4.69, 9.17) is 28.3 Å². The summed E-state index contributed by atoms with van der Waals surface area (Å²) in [5.74, 6) is -1.40. The second-order valence-corrected chi connectivity index (χ2v) is 10.7. The average molecular weight is 585 g/mol. The lowest BCUT2D eigenvalue weighted by Crippen LogP contribution is -2.36. The fraction of sp³-hybridized carbons (Fsp3) is 0.300. The van der Waals surface area contributed by atoms with Crippen molar-refractivity contribution in [3.63, 3.8) is 0 Å². The molecule has 0 heterocycles. The lowest BCUT2D eigenvalue weighted by molar-refractivity contribution is -0.146. The number of nitrogens with zero attached hydrogens (tertiary/aromatic N) is 1. The number of carbonyl (C=O) groups excluding carboxylic acids is 2. The van der Waals surface area contributed by atoms with Gasteiger partial charge in [-0.05, 0) is 72.4 Å². The van der Waals surface area contributed by atoms with Gasteiger partial charge in [0.05, 0.1) is 13.1 Å². The molecule has 1 atom stereocenters. The molecule has 1 fully saturated rings. The second kappa shape index (κ2) is 13.7. The van der Waals surface area contributed by atoms with E-state index in [0.29, 0.717) is 32.9 Å². The Morgan fingerprint density at radius 2 is 1.52 bits per heavy atom. The molecule has 1 aliphatic carbocycles. The number of urea groups is 1. The van der Waals surface area contributed by atoms with E-state index in [1.165, 1.54) is 37.7 Å².